The van der Waals surface area contributed by atoms with Crippen molar-refractivity contribution >= 4 is 17.4 Å². The van der Waals surface area contributed by atoms with Crippen LogP contribution in [-0.2, 0) is 22.6 Å². The van der Waals surface area contributed by atoms with Crippen LogP contribution in [0.3, 0.4) is 0 Å². The normalized spacial score (nSPS) is 17.9. The molecule has 1 fully saturated rings. The third-order valence-corrected chi connectivity index (χ3v) is 5.56. The van der Waals surface area contributed by atoms with E-state index in [1.807, 2.05) is 61.5 Å². The van der Waals surface area contributed by atoms with Crippen molar-refractivity contribution < 1.29 is 19.1 Å². The quantitative estimate of drug-likeness (QED) is 0.362. The first-order valence-electron chi connectivity index (χ1n) is 10.2. The number of hydrogen-bond donors (Lipinski definition) is 1. The van der Waals surface area contributed by atoms with Crippen LogP contribution in [0.5, 0.6) is 0 Å². The molecule has 0 saturated carbocycles. The van der Waals surface area contributed by atoms with Gasteiger partial charge in [-0.2, -0.15) is 0 Å². The number of nitrogens with zero attached hydrogens (tertiary/aromatic N) is 1. The van der Waals surface area contributed by atoms with Crippen molar-refractivity contribution in [2.45, 2.75) is 25.9 Å². The summed E-state index contributed by atoms with van der Waals surface area (Å²) in [5, 5.41) is 11.0. The Morgan fingerprint density at radius 2 is 1.55 bits per heavy atom. The lowest BCUT2D eigenvalue weighted by molar-refractivity contribution is -0.140. The molecule has 1 N–H and O–H groups in total. The van der Waals surface area contributed by atoms with E-state index < -0.39 is 23.5 Å². The van der Waals surface area contributed by atoms with Crippen LogP contribution in [0.25, 0.3) is 5.76 Å². The third kappa shape index (κ3) is 3.99. The highest BCUT2D eigenvalue weighted by molar-refractivity contribution is 6.46. The predicted octanol–water partition coefficient (Wildman–Crippen LogP) is 5.01. The number of likely N-dealkylation sites (tertiary alicyclic amines) is 1. The topological polar surface area (TPSA) is 57.6 Å². The van der Waals surface area contributed by atoms with E-state index in [1.54, 1.807) is 0 Å². The van der Waals surface area contributed by atoms with Gasteiger partial charge >= 0.3 is 0 Å². The molecule has 5 heteroatoms. The summed E-state index contributed by atoms with van der Waals surface area (Å²) >= 11 is 0. The fourth-order valence-corrected chi connectivity index (χ4v) is 3.87. The molecule has 31 heavy (non-hydrogen) atoms. The Balaban J connectivity index is 1.85. The second-order valence-electron chi connectivity index (χ2n) is 7.51. The standard InChI is InChI=1S/C26H22FNO3/c1-2-17-8-10-19(11-9-17)23-22(24(29)20-12-14-21(27)15-13-20)25(30)26(31)28(23)16-18-6-4-3-5-7-18/h3-15,23,29H,2,16H2,1H3/b24-22+. The van der Waals surface area contributed by atoms with Crippen LogP contribution >= 0.6 is 0 Å². The molecule has 156 valence electrons. The Labute approximate surface area is 180 Å². The lowest BCUT2D eigenvalue weighted by Gasteiger charge is -2.25. The molecular weight excluding hydrogens is 393 g/mol. The van der Waals surface area contributed by atoms with Gasteiger partial charge in [0.1, 0.15) is 11.6 Å². The van der Waals surface area contributed by atoms with Crippen molar-refractivity contribution in [1.29, 1.82) is 0 Å². The first-order valence-corrected chi connectivity index (χ1v) is 10.2. The van der Waals surface area contributed by atoms with Gasteiger partial charge in [0.05, 0.1) is 11.6 Å². The Kier molecular flexibility index (Phi) is 5.67. The van der Waals surface area contributed by atoms with Gasteiger partial charge in [0.2, 0.25) is 0 Å². The molecular formula is C26H22FNO3. The van der Waals surface area contributed by atoms with Gasteiger partial charge in [-0.3, -0.25) is 9.59 Å². The molecule has 4 rings (SSSR count). The number of ketones is 1. The first-order chi connectivity index (χ1) is 15.0. The molecule has 0 aromatic heterocycles. The van der Waals surface area contributed by atoms with Crippen LogP contribution in [0.15, 0.2) is 84.4 Å². The van der Waals surface area contributed by atoms with Crippen molar-refractivity contribution in [3.05, 3.63) is 113 Å². The zero-order chi connectivity index (χ0) is 22.0. The van der Waals surface area contributed by atoms with E-state index in [0.29, 0.717) is 0 Å². The van der Waals surface area contributed by atoms with Crippen molar-refractivity contribution in [3.8, 4) is 0 Å². The zero-order valence-electron chi connectivity index (χ0n) is 17.1. The number of hydrogen-bond acceptors (Lipinski definition) is 3. The zero-order valence-corrected chi connectivity index (χ0v) is 17.1. The number of carbonyl (C=O) groups excluding carboxylic acids is 2. The predicted molar refractivity (Wildman–Crippen MR) is 117 cm³/mol. The smallest absolute Gasteiger partial charge is 0.295 e. The number of halogens is 1. The van der Waals surface area contributed by atoms with E-state index in [0.717, 1.165) is 23.1 Å². The van der Waals surface area contributed by atoms with Crippen LogP contribution in [0, 0.1) is 5.82 Å². The maximum absolute atomic E-state index is 13.4. The highest BCUT2D eigenvalue weighted by atomic mass is 19.1. The molecule has 1 atom stereocenters. The average Bonchev–Trinajstić information content (AvgIpc) is 3.05. The molecule has 1 heterocycles. The number of benzene rings is 3. The highest BCUT2D eigenvalue weighted by Crippen LogP contribution is 2.40. The summed E-state index contributed by atoms with van der Waals surface area (Å²) in [5.74, 6) is -2.18. The minimum atomic E-state index is -0.748. The van der Waals surface area contributed by atoms with E-state index in [9.17, 15) is 19.1 Å². The molecule has 0 radical (unpaired) electrons. The first kappa shape index (κ1) is 20.5. The van der Waals surface area contributed by atoms with E-state index >= 15 is 0 Å². The molecule has 3 aromatic carbocycles. The lowest BCUT2D eigenvalue weighted by Crippen LogP contribution is -2.29. The largest absolute Gasteiger partial charge is 0.507 e. The number of aliphatic hydroxyl groups excluding tert-OH is 1. The van der Waals surface area contributed by atoms with Gasteiger partial charge in [0, 0.05) is 12.1 Å². The Morgan fingerprint density at radius 1 is 0.903 bits per heavy atom. The van der Waals surface area contributed by atoms with Crippen LogP contribution in [0.1, 0.15) is 35.2 Å². The van der Waals surface area contributed by atoms with Gasteiger partial charge < -0.3 is 10.0 Å². The van der Waals surface area contributed by atoms with Crippen molar-refractivity contribution in [2.75, 3.05) is 0 Å². The summed E-state index contributed by atoms with van der Waals surface area (Å²) < 4.78 is 13.4. The van der Waals surface area contributed by atoms with Crippen LogP contribution in [0.4, 0.5) is 4.39 Å². The molecule has 0 bridgehead atoms. The van der Waals surface area contributed by atoms with Gasteiger partial charge in [0.25, 0.3) is 11.7 Å². The van der Waals surface area contributed by atoms with Crippen LogP contribution < -0.4 is 0 Å². The summed E-state index contributed by atoms with van der Waals surface area (Å²) in [6.07, 6.45) is 0.861. The molecule has 4 nitrogen and oxygen atoms in total. The van der Waals surface area contributed by atoms with Crippen LogP contribution in [-0.4, -0.2) is 21.7 Å². The van der Waals surface area contributed by atoms with Gasteiger partial charge in [-0.25, -0.2) is 4.39 Å². The third-order valence-electron chi connectivity index (χ3n) is 5.56. The Bertz CT molecular complexity index is 1140. The van der Waals surface area contributed by atoms with Gasteiger partial charge in [-0.15, -0.1) is 0 Å². The molecule has 3 aromatic rings. The second-order valence-corrected chi connectivity index (χ2v) is 7.51. The molecule has 0 aliphatic carbocycles. The lowest BCUT2D eigenvalue weighted by atomic mass is 9.94. The summed E-state index contributed by atoms with van der Waals surface area (Å²) in [7, 11) is 0. The molecule has 1 amide bonds. The summed E-state index contributed by atoms with van der Waals surface area (Å²) in [6, 6.07) is 21.5. The fourth-order valence-electron chi connectivity index (χ4n) is 3.87. The van der Waals surface area contributed by atoms with Gasteiger partial charge in [-0.1, -0.05) is 61.5 Å². The van der Waals surface area contributed by atoms with E-state index in [4.69, 9.17) is 0 Å². The molecule has 1 aliphatic rings. The minimum Gasteiger partial charge on any atom is -0.507 e. The Morgan fingerprint density at radius 3 is 2.16 bits per heavy atom. The summed E-state index contributed by atoms with van der Waals surface area (Å²) in [6.45, 7) is 2.27. The number of amides is 1. The maximum atomic E-state index is 13.4. The summed E-state index contributed by atoms with van der Waals surface area (Å²) in [5.41, 5.74) is 3.03. The van der Waals surface area contributed by atoms with E-state index in [1.165, 1.54) is 29.2 Å². The number of aryl methyl sites for hydroxylation is 1. The molecule has 1 unspecified atom stereocenters. The monoisotopic (exact) mass is 415 g/mol. The van der Waals surface area contributed by atoms with Crippen molar-refractivity contribution in [1.82, 2.24) is 4.90 Å². The highest BCUT2D eigenvalue weighted by Gasteiger charge is 2.46. The SMILES string of the molecule is CCc1ccc(C2/C(=C(\O)c3ccc(F)cc3)C(=O)C(=O)N2Cc2ccccc2)cc1. The number of Topliss-reactive ketones (excluding diaryl/α,β-unsaturated/α-hetero) is 1. The van der Waals surface area contributed by atoms with Gasteiger partial charge in [-0.05, 0) is 47.4 Å². The molecule has 0 spiro atoms. The number of aliphatic hydroxyl groups is 1. The fraction of sp³-hybridized carbons (Fsp3) is 0.154. The van der Waals surface area contributed by atoms with Crippen LogP contribution in [0.2, 0.25) is 0 Å². The number of rotatable bonds is 5. The van der Waals surface area contributed by atoms with E-state index in [-0.39, 0.29) is 23.4 Å². The summed E-state index contributed by atoms with van der Waals surface area (Å²) in [4.78, 5) is 27.5. The average molecular weight is 415 g/mol. The molecule has 1 saturated heterocycles. The molecule has 1 aliphatic heterocycles. The Hall–Kier alpha value is -3.73. The second kappa shape index (κ2) is 8.56. The maximum Gasteiger partial charge on any atom is 0.295 e. The minimum absolute atomic E-state index is 0.0109. The van der Waals surface area contributed by atoms with Crippen molar-refractivity contribution in [2.24, 2.45) is 0 Å². The number of carbonyl (C=O) groups is 2. The van der Waals surface area contributed by atoms with Gasteiger partial charge in [0.15, 0.2) is 0 Å². The van der Waals surface area contributed by atoms with Crippen molar-refractivity contribution in [3.63, 3.8) is 0 Å². The van der Waals surface area contributed by atoms with E-state index in [2.05, 4.69) is 0 Å².